The minimum Gasteiger partial charge on any atom is -0.409 e. The zero-order valence-corrected chi connectivity index (χ0v) is 8.32. The maximum absolute atomic E-state index is 8.48. The molecule has 0 saturated carbocycles. The van der Waals surface area contributed by atoms with Crippen molar-refractivity contribution in [1.29, 1.82) is 0 Å². The highest BCUT2D eigenvalue weighted by Gasteiger charge is 2.08. The number of thiophene rings is 1. The van der Waals surface area contributed by atoms with Crippen molar-refractivity contribution in [2.24, 2.45) is 16.0 Å². The normalized spacial score (nSPS) is 11.1. The highest BCUT2D eigenvalue weighted by molar-refractivity contribution is 7.12. The molecule has 0 unspecified atom stereocenters. The molecule has 0 aliphatic carbocycles. The van der Waals surface area contributed by atoms with Gasteiger partial charge in [-0.2, -0.15) is 0 Å². The summed E-state index contributed by atoms with van der Waals surface area (Å²) in [6, 6.07) is 1.75. The Morgan fingerprint density at radius 3 is 3.07 bits per heavy atom. The summed E-state index contributed by atoms with van der Waals surface area (Å²) >= 11 is 1.46. The van der Waals surface area contributed by atoms with Crippen LogP contribution >= 0.6 is 11.3 Å². The van der Waals surface area contributed by atoms with Crippen LogP contribution in [-0.2, 0) is 6.54 Å². The van der Waals surface area contributed by atoms with Crippen molar-refractivity contribution in [1.82, 2.24) is 0 Å². The summed E-state index contributed by atoms with van der Waals surface area (Å²) in [5, 5.41) is 14.8. The van der Waals surface area contributed by atoms with Crippen LogP contribution in [0.25, 0.3) is 10.4 Å². The monoisotopic (exact) mass is 211 g/mol. The van der Waals surface area contributed by atoms with Gasteiger partial charge >= 0.3 is 0 Å². The number of nitrogens with zero attached hydrogens (tertiary/aromatic N) is 4. The zero-order valence-electron chi connectivity index (χ0n) is 7.51. The number of oxime groups is 1. The van der Waals surface area contributed by atoms with E-state index in [-0.39, 0.29) is 5.84 Å². The summed E-state index contributed by atoms with van der Waals surface area (Å²) in [5.41, 5.74) is 14.3. The first-order valence-electron chi connectivity index (χ1n) is 3.77. The lowest BCUT2D eigenvalue weighted by Gasteiger charge is -1.93. The van der Waals surface area contributed by atoms with Crippen LogP contribution in [0.4, 0.5) is 0 Å². The Labute approximate surface area is 84.3 Å². The van der Waals surface area contributed by atoms with E-state index in [9.17, 15) is 0 Å². The second-order valence-corrected chi connectivity index (χ2v) is 3.90. The fourth-order valence-corrected chi connectivity index (χ4v) is 2.00. The second-order valence-electron chi connectivity index (χ2n) is 2.56. The van der Waals surface area contributed by atoms with Crippen LogP contribution in [0.3, 0.4) is 0 Å². The van der Waals surface area contributed by atoms with Gasteiger partial charge in [-0.05, 0) is 18.5 Å². The third-order valence-electron chi connectivity index (χ3n) is 1.64. The zero-order chi connectivity index (χ0) is 10.6. The van der Waals surface area contributed by atoms with Gasteiger partial charge in [0.15, 0.2) is 5.84 Å². The van der Waals surface area contributed by atoms with Crippen LogP contribution in [0.15, 0.2) is 16.3 Å². The molecule has 1 aromatic heterocycles. The molecule has 0 fully saturated rings. The SMILES string of the molecule is Cc1sc(CN=[N+]=[N-])cc1C(N)=NO. The lowest BCUT2D eigenvalue weighted by molar-refractivity contribution is 0.318. The van der Waals surface area contributed by atoms with Crippen molar-refractivity contribution in [3.63, 3.8) is 0 Å². The lowest BCUT2D eigenvalue weighted by Crippen LogP contribution is -2.12. The van der Waals surface area contributed by atoms with E-state index in [0.717, 1.165) is 9.75 Å². The molecule has 0 amide bonds. The first kappa shape index (κ1) is 10.4. The smallest absolute Gasteiger partial charge is 0.171 e. The molecule has 0 spiro atoms. The van der Waals surface area contributed by atoms with Gasteiger partial charge in [-0.15, -0.1) is 11.3 Å². The number of nitrogens with two attached hydrogens (primary N) is 1. The minimum absolute atomic E-state index is 0.0749. The predicted molar refractivity (Wildman–Crippen MR) is 54.4 cm³/mol. The van der Waals surface area contributed by atoms with E-state index in [1.165, 1.54) is 11.3 Å². The Morgan fingerprint density at radius 2 is 2.50 bits per heavy atom. The number of amidine groups is 1. The van der Waals surface area contributed by atoms with Crippen LogP contribution in [-0.4, -0.2) is 11.0 Å². The van der Waals surface area contributed by atoms with E-state index in [1.54, 1.807) is 6.07 Å². The van der Waals surface area contributed by atoms with Crippen molar-refractivity contribution in [2.75, 3.05) is 0 Å². The van der Waals surface area contributed by atoms with Gasteiger partial charge in [0, 0.05) is 20.2 Å². The molecular formula is C7H9N5OS. The summed E-state index contributed by atoms with van der Waals surface area (Å²) in [6.07, 6.45) is 0. The molecule has 1 heterocycles. The van der Waals surface area contributed by atoms with Gasteiger partial charge in [0.2, 0.25) is 0 Å². The molecule has 3 N–H and O–H groups in total. The number of aryl methyl sites for hydroxylation is 1. The molecule has 0 atom stereocenters. The molecule has 1 aromatic rings. The van der Waals surface area contributed by atoms with Gasteiger partial charge in [0.25, 0.3) is 0 Å². The maximum atomic E-state index is 8.48. The number of rotatable bonds is 3. The van der Waals surface area contributed by atoms with E-state index in [4.69, 9.17) is 16.5 Å². The predicted octanol–water partition coefficient (Wildman–Crippen LogP) is 1.96. The molecule has 0 radical (unpaired) electrons. The molecule has 7 heteroatoms. The fraction of sp³-hybridized carbons (Fsp3) is 0.286. The van der Waals surface area contributed by atoms with Gasteiger partial charge < -0.3 is 10.9 Å². The van der Waals surface area contributed by atoms with Gasteiger partial charge in [-0.3, -0.25) is 0 Å². The van der Waals surface area contributed by atoms with Gasteiger partial charge in [-0.1, -0.05) is 10.3 Å². The maximum Gasteiger partial charge on any atom is 0.171 e. The lowest BCUT2D eigenvalue weighted by atomic mass is 10.2. The van der Waals surface area contributed by atoms with E-state index in [1.807, 2.05) is 6.92 Å². The third kappa shape index (κ3) is 2.15. The summed E-state index contributed by atoms with van der Waals surface area (Å²) in [4.78, 5) is 4.48. The van der Waals surface area contributed by atoms with Crippen molar-refractivity contribution in [3.05, 3.63) is 31.8 Å². The molecule has 1 rings (SSSR count). The first-order chi connectivity index (χ1) is 6.69. The molecule has 74 valence electrons. The number of hydrogen-bond acceptors (Lipinski definition) is 4. The minimum atomic E-state index is 0.0749. The fourth-order valence-electron chi connectivity index (χ4n) is 1.03. The Morgan fingerprint density at radius 1 is 1.79 bits per heavy atom. The van der Waals surface area contributed by atoms with E-state index in [2.05, 4.69) is 15.2 Å². The van der Waals surface area contributed by atoms with Crippen LogP contribution in [0.2, 0.25) is 0 Å². The Hall–Kier alpha value is -1.72. The van der Waals surface area contributed by atoms with E-state index >= 15 is 0 Å². The van der Waals surface area contributed by atoms with Crippen molar-refractivity contribution < 1.29 is 5.21 Å². The quantitative estimate of drug-likeness (QED) is 0.152. The largest absolute Gasteiger partial charge is 0.409 e. The Balaban J connectivity index is 2.98. The number of hydrogen-bond donors (Lipinski definition) is 2. The highest BCUT2D eigenvalue weighted by atomic mass is 32.1. The van der Waals surface area contributed by atoms with Gasteiger partial charge in [0.05, 0.1) is 6.54 Å². The van der Waals surface area contributed by atoms with E-state index in [0.29, 0.717) is 12.1 Å². The molecule has 0 aromatic carbocycles. The van der Waals surface area contributed by atoms with Crippen LogP contribution in [0.5, 0.6) is 0 Å². The summed E-state index contributed by atoms with van der Waals surface area (Å²) in [7, 11) is 0. The molecule has 6 nitrogen and oxygen atoms in total. The second kappa shape index (κ2) is 4.50. The molecule has 0 aliphatic heterocycles. The van der Waals surface area contributed by atoms with Crippen molar-refractivity contribution in [2.45, 2.75) is 13.5 Å². The average Bonchev–Trinajstić information content (AvgIpc) is 2.55. The molecule has 0 aliphatic rings. The average molecular weight is 211 g/mol. The third-order valence-corrected chi connectivity index (χ3v) is 2.68. The van der Waals surface area contributed by atoms with Crippen molar-refractivity contribution in [3.8, 4) is 0 Å². The summed E-state index contributed by atoms with van der Waals surface area (Å²) in [5.74, 6) is 0.0749. The number of azide groups is 1. The van der Waals surface area contributed by atoms with Crippen LogP contribution < -0.4 is 5.73 Å². The molecular weight excluding hydrogens is 202 g/mol. The highest BCUT2D eigenvalue weighted by Crippen LogP contribution is 2.22. The van der Waals surface area contributed by atoms with Crippen molar-refractivity contribution >= 4 is 17.2 Å². The standard InChI is InChI=1S/C7H9N5OS/c1-4-6(7(8)11-13)2-5(14-4)3-10-12-9/h2,13H,3H2,1H3,(H2,8,11). The van der Waals surface area contributed by atoms with Crippen LogP contribution in [0, 0.1) is 6.92 Å². The summed E-state index contributed by atoms with van der Waals surface area (Å²) < 4.78 is 0. The Kier molecular flexibility index (Phi) is 3.33. The Bertz CT molecular complexity index is 404. The topological polar surface area (TPSA) is 107 Å². The molecule has 14 heavy (non-hydrogen) atoms. The van der Waals surface area contributed by atoms with Gasteiger partial charge in [-0.25, -0.2) is 0 Å². The van der Waals surface area contributed by atoms with Gasteiger partial charge in [0.1, 0.15) is 0 Å². The van der Waals surface area contributed by atoms with Crippen LogP contribution in [0.1, 0.15) is 15.3 Å². The summed E-state index contributed by atoms with van der Waals surface area (Å²) in [6.45, 7) is 2.15. The van der Waals surface area contributed by atoms with E-state index < -0.39 is 0 Å². The molecule has 0 bridgehead atoms. The first-order valence-corrected chi connectivity index (χ1v) is 4.58. The molecule has 0 saturated heterocycles.